The first kappa shape index (κ1) is 17.1. The van der Waals surface area contributed by atoms with E-state index in [0.717, 1.165) is 12.8 Å². The molecule has 0 rings (SSSR count). The Morgan fingerprint density at radius 1 is 1.33 bits per heavy atom. The van der Waals surface area contributed by atoms with E-state index in [1.165, 1.54) is 6.42 Å². The van der Waals surface area contributed by atoms with Gasteiger partial charge in [-0.1, -0.05) is 26.7 Å². The lowest BCUT2D eigenvalue weighted by atomic mass is 10.0. The fourth-order valence-electron chi connectivity index (χ4n) is 1.32. The first-order valence-corrected chi connectivity index (χ1v) is 5.47. The molecule has 1 atom stereocenters. The molecule has 0 aliphatic heterocycles. The maximum Gasteiger partial charge on any atom is 0.307 e. The molecule has 3 nitrogen and oxygen atoms in total. The zero-order valence-electron chi connectivity index (χ0n) is 9.99. The average molecular weight is 238 g/mol. The van der Waals surface area contributed by atoms with Crippen LogP contribution in [0.15, 0.2) is 0 Å². The largest absolute Gasteiger partial charge is 0.466 e. The van der Waals surface area contributed by atoms with Gasteiger partial charge in [0.05, 0.1) is 13.0 Å². The number of hydrogen-bond donors (Lipinski definition) is 1. The predicted octanol–water partition coefficient (Wildman–Crippen LogP) is 2.52. The quantitative estimate of drug-likeness (QED) is 0.693. The number of carbonyl (C=O) groups is 1. The van der Waals surface area contributed by atoms with E-state index in [0.29, 0.717) is 18.9 Å². The third kappa shape index (κ3) is 11.6. The van der Waals surface area contributed by atoms with Gasteiger partial charge in [-0.3, -0.25) is 4.79 Å². The highest BCUT2D eigenvalue weighted by molar-refractivity contribution is 5.85. The van der Waals surface area contributed by atoms with Crippen LogP contribution in [-0.2, 0) is 9.53 Å². The normalized spacial score (nSPS) is 12.1. The highest BCUT2D eigenvalue weighted by Crippen LogP contribution is 2.09. The van der Waals surface area contributed by atoms with Crippen LogP contribution in [0.3, 0.4) is 0 Å². The monoisotopic (exact) mass is 237 g/mol. The number of carbonyl (C=O) groups excluding carboxylic acids is 1. The summed E-state index contributed by atoms with van der Waals surface area (Å²) in [6.45, 7) is 6.63. The molecule has 0 aromatic carbocycles. The second kappa shape index (κ2) is 10.2. The van der Waals surface area contributed by atoms with Crippen LogP contribution in [0.25, 0.3) is 0 Å². The Balaban J connectivity index is 0. The van der Waals surface area contributed by atoms with Crippen LogP contribution in [0.2, 0.25) is 0 Å². The Labute approximate surface area is 99.2 Å². The van der Waals surface area contributed by atoms with Crippen molar-refractivity contribution >= 4 is 18.4 Å². The van der Waals surface area contributed by atoms with Crippen molar-refractivity contribution in [3.05, 3.63) is 0 Å². The number of nitrogens with two attached hydrogens (primary N) is 1. The minimum absolute atomic E-state index is 0. The molecular formula is C11H24ClNO2. The van der Waals surface area contributed by atoms with E-state index < -0.39 is 0 Å². The van der Waals surface area contributed by atoms with Crippen LogP contribution in [0.1, 0.15) is 46.5 Å². The summed E-state index contributed by atoms with van der Waals surface area (Å²) >= 11 is 0. The second-order valence-corrected chi connectivity index (χ2v) is 4.09. The summed E-state index contributed by atoms with van der Waals surface area (Å²) in [5, 5.41) is 0. The van der Waals surface area contributed by atoms with Gasteiger partial charge in [0.1, 0.15) is 0 Å². The molecule has 0 saturated carbocycles. The fraction of sp³-hybridized carbons (Fsp3) is 0.909. The van der Waals surface area contributed by atoms with Gasteiger partial charge in [0.2, 0.25) is 0 Å². The molecule has 0 aliphatic carbocycles. The summed E-state index contributed by atoms with van der Waals surface area (Å²) in [6.07, 6.45) is 3.54. The van der Waals surface area contributed by atoms with Crippen molar-refractivity contribution in [1.29, 1.82) is 0 Å². The van der Waals surface area contributed by atoms with Crippen molar-refractivity contribution in [2.75, 3.05) is 6.61 Å². The van der Waals surface area contributed by atoms with Crippen LogP contribution < -0.4 is 5.73 Å². The fourth-order valence-corrected chi connectivity index (χ4v) is 1.32. The lowest BCUT2D eigenvalue weighted by molar-refractivity contribution is -0.143. The predicted molar refractivity (Wildman–Crippen MR) is 65.2 cm³/mol. The molecule has 0 radical (unpaired) electrons. The van der Waals surface area contributed by atoms with Crippen LogP contribution >= 0.6 is 12.4 Å². The van der Waals surface area contributed by atoms with Gasteiger partial charge >= 0.3 is 5.97 Å². The Morgan fingerprint density at radius 3 is 2.40 bits per heavy atom. The summed E-state index contributed by atoms with van der Waals surface area (Å²) in [5.74, 6) is 0.536. The van der Waals surface area contributed by atoms with Gasteiger partial charge in [-0.2, -0.15) is 0 Å². The summed E-state index contributed by atoms with van der Waals surface area (Å²) in [6, 6.07) is -0.0344. The van der Waals surface area contributed by atoms with Crippen molar-refractivity contribution in [1.82, 2.24) is 0 Å². The number of esters is 1. The second-order valence-electron chi connectivity index (χ2n) is 4.09. The van der Waals surface area contributed by atoms with Crippen LogP contribution in [0.4, 0.5) is 0 Å². The Hall–Kier alpha value is -0.280. The minimum Gasteiger partial charge on any atom is -0.466 e. The van der Waals surface area contributed by atoms with Gasteiger partial charge in [0.15, 0.2) is 0 Å². The van der Waals surface area contributed by atoms with E-state index >= 15 is 0 Å². The lowest BCUT2D eigenvalue weighted by Crippen LogP contribution is -2.24. The van der Waals surface area contributed by atoms with E-state index in [1.54, 1.807) is 0 Å². The maximum absolute atomic E-state index is 11.0. The molecule has 0 aromatic rings. The molecule has 0 heterocycles. The van der Waals surface area contributed by atoms with Crippen molar-refractivity contribution in [2.24, 2.45) is 11.7 Å². The molecule has 0 aromatic heterocycles. The molecule has 15 heavy (non-hydrogen) atoms. The van der Waals surface area contributed by atoms with Crippen molar-refractivity contribution in [3.63, 3.8) is 0 Å². The number of ether oxygens (including phenoxy) is 1. The molecule has 4 heteroatoms. The van der Waals surface area contributed by atoms with Gasteiger partial charge in [-0.15, -0.1) is 12.4 Å². The number of rotatable bonds is 7. The standard InChI is InChI=1S/C11H23NO2.ClH/c1-4-14-11(13)8-10(12)7-5-6-9(2)3;/h9-10H,4-8,12H2,1-3H3;1H. The minimum atomic E-state index is -0.176. The van der Waals surface area contributed by atoms with Gasteiger partial charge < -0.3 is 10.5 Å². The van der Waals surface area contributed by atoms with Gasteiger partial charge in [0.25, 0.3) is 0 Å². The van der Waals surface area contributed by atoms with Gasteiger partial charge in [0, 0.05) is 6.04 Å². The number of halogens is 1. The van der Waals surface area contributed by atoms with Crippen LogP contribution in [0, 0.1) is 5.92 Å². The molecule has 0 amide bonds. The molecular weight excluding hydrogens is 214 g/mol. The van der Waals surface area contributed by atoms with Crippen LogP contribution in [0.5, 0.6) is 0 Å². The van der Waals surface area contributed by atoms with E-state index in [2.05, 4.69) is 13.8 Å². The van der Waals surface area contributed by atoms with Crippen LogP contribution in [-0.4, -0.2) is 18.6 Å². The highest BCUT2D eigenvalue weighted by Gasteiger charge is 2.09. The third-order valence-electron chi connectivity index (χ3n) is 2.09. The molecule has 0 bridgehead atoms. The van der Waals surface area contributed by atoms with E-state index in [-0.39, 0.29) is 24.4 Å². The average Bonchev–Trinajstić information content (AvgIpc) is 2.03. The third-order valence-corrected chi connectivity index (χ3v) is 2.09. The zero-order valence-corrected chi connectivity index (χ0v) is 10.8. The zero-order chi connectivity index (χ0) is 11.0. The lowest BCUT2D eigenvalue weighted by Gasteiger charge is -2.11. The Kier molecular flexibility index (Phi) is 11.7. The van der Waals surface area contributed by atoms with E-state index in [4.69, 9.17) is 10.5 Å². The summed E-state index contributed by atoms with van der Waals surface area (Å²) in [4.78, 5) is 11.0. The molecule has 0 aliphatic rings. The molecule has 1 unspecified atom stereocenters. The molecule has 2 N–H and O–H groups in total. The summed E-state index contributed by atoms with van der Waals surface area (Å²) in [5.41, 5.74) is 5.79. The Bertz CT molecular complexity index is 163. The first-order valence-electron chi connectivity index (χ1n) is 5.47. The van der Waals surface area contributed by atoms with Crippen molar-refractivity contribution < 1.29 is 9.53 Å². The molecule has 0 spiro atoms. The van der Waals surface area contributed by atoms with Gasteiger partial charge in [-0.25, -0.2) is 0 Å². The topological polar surface area (TPSA) is 52.3 Å². The van der Waals surface area contributed by atoms with Gasteiger partial charge in [-0.05, 0) is 19.3 Å². The Morgan fingerprint density at radius 2 is 1.93 bits per heavy atom. The summed E-state index contributed by atoms with van der Waals surface area (Å²) < 4.78 is 4.82. The van der Waals surface area contributed by atoms with Crippen molar-refractivity contribution in [3.8, 4) is 0 Å². The number of hydrogen-bond acceptors (Lipinski definition) is 3. The highest BCUT2D eigenvalue weighted by atomic mass is 35.5. The van der Waals surface area contributed by atoms with E-state index in [9.17, 15) is 4.79 Å². The van der Waals surface area contributed by atoms with Crippen molar-refractivity contribution in [2.45, 2.75) is 52.5 Å². The summed E-state index contributed by atoms with van der Waals surface area (Å²) in [7, 11) is 0. The molecule has 92 valence electrons. The molecule has 0 saturated heterocycles. The van der Waals surface area contributed by atoms with E-state index in [1.807, 2.05) is 6.92 Å². The smallest absolute Gasteiger partial charge is 0.307 e. The maximum atomic E-state index is 11.0. The first-order chi connectivity index (χ1) is 6.56. The SMILES string of the molecule is CCOC(=O)CC(N)CCCC(C)C.Cl. The molecule has 0 fully saturated rings.